The normalized spacial score (nSPS) is 10.4. The lowest BCUT2D eigenvalue weighted by molar-refractivity contribution is 0.102. The molecule has 3 aromatic rings. The Kier molecular flexibility index (Phi) is 5.44. The monoisotopic (exact) mass is 381 g/mol. The van der Waals surface area contributed by atoms with Gasteiger partial charge in [0.2, 0.25) is 0 Å². The van der Waals surface area contributed by atoms with Gasteiger partial charge in [0, 0.05) is 23.5 Å². The molecule has 0 saturated carbocycles. The number of carbonyl (C=O) groups is 2. The van der Waals surface area contributed by atoms with Crippen molar-refractivity contribution >= 4 is 23.2 Å². The molecule has 0 saturated heterocycles. The third-order valence-corrected chi connectivity index (χ3v) is 4.20. The van der Waals surface area contributed by atoms with Crippen molar-refractivity contribution in [1.29, 1.82) is 0 Å². The van der Waals surface area contributed by atoms with Crippen molar-refractivity contribution in [3.05, 3.63) is 88.7 Å². The smallest absolute Gasteiger partial charge is 0.274 e. The van der Waals surface area contributed by atoms with E-state index in [1.54, 1.807) is 6.07 Å². The molecule has 1 heterocycles. The van der Waals surface area contributed by atoms with Crippen LogP contribution in [0.3, 0.4) is 0 Å². The van der Waals surface area contributed by atoms with E-state index in [0.29, 0.717) is 11.8 Å². The van der Waals surface area contributed by atoms with Gasteiger partial charge in [0.05, 0.1) is 5.69 Å². The third kappa shape index (κ3) is 4.37. The van der Waals surface area contributed by atoms with E-state index in [-0.39, 0.29) is 16.9 Å². The number of aromatic nitrogens is 1. The van der Waals surface area contributed by atoms with E-state index in [9.17, 15) is 18.4 Å². The molecule has 142 valence electrons. The molecule has 5 nitrogen and oxygen atoms in total. The van der Waals surface area contributed by atoms with E-state index in [4.69, 9.17) is 0 Å². The second-order valence-corrected chi connectivity index (χ2v) is 6.26. The molecule has 1 aromatic heterocycles. The van der Waals surface area contributed by atoms with Gasteiger partial charge in [0.25, 0.3) is 11.8 Å². The summed E-state index contributed by atoms with van der Waals surface area (Å²) in [6, 6.07) is 11.0. The van der Waals surface area contributed by atoms with Crippen LogP contribution in [0.25, 0.3) is 0 Å². The van der Waals surface area contributed by atoms with Gasteiger partial charge in [0.15, 0.2) is 0 Å². The maximum absolute atomic E-state index is 13.7. The summed E-state index contributed by atoms with van der Waals surface area (Å²) in [6.45, 7) is 3.90. The number of halogens is 2. The van der Waals surface area contributed by atoms with Crippen LogP contribution in [0, 0.1) is 25.5 Å². The topological polar surface area (TPSA) is 71.1 Å². The number of carbonyl (C=O) groups excluding carboxylic acids is 2. The molecule has 0 radical (unpaired) electrons. The first-order valence-electron chi connectivity index (χ1n) is 8.44. The fourth-order valence-electron chi connectivity index (χ4n) is 2.50. The van der Waals surface area contributed by atoms with Gasteiger partial charge in [-0.1, -0.05) is 6.07 Å². The van der Waals surface area contributed by atoms with Gasteiger partial charge in [-0.25, -0.2) is 8.78 Å². The van der Waals surface area contributed by atoms with Gasteiger partial charge in [-0.05, 0) is 61.4 Å². The van der Waals surface area contributed by atoms with Crippen LogP contribution in [0.15, 0.2) is 54.7 Å². The molecule has 3 rings (SSSR count). The lowest BCUT2D eigenvalue weighted by Gasteiger charge is -2.09. The fourth-order valence-corrected chi connectivity index (χ4v) is 2.50. The van der Waals surface area contributed by atoms with Crippen molar-refractivity contribution in [2.45, 2.75) is 13.8 Å². The third-order valence-electron chi connectivity index (χ3n) is 4.20. The Hall–Kier alpha value is -3.61. The largest absolute Gasteiger partial charge is 0.321 e. The number of pyridine rings is 1. The van der Waals surface area contributed by atoms with Crippen LogP contribution in [0.2, 0.25) is 0 Å². The van der Waals surface area contributed by atoms with Crippen LogP contribution in [0.4, 0.5) is 20.2 Å². The zero-order valence-corrected chi connectivity index (χ0v) is 15.2. The first-order valence-corrected chi connectivity index (χ1v) is 8.44. The summed E-state index contributed by atoms with van der Waals surface area (Å²) in [4.78, 5) is 28.7. The predicted molar refractivity (Wildman–Crippen MR) is 102 cm³/mol. The average molecular weight is 381 g/mol. The molecule has 2 amide bonds. The first-order chi connectivity index (χ1) is 13.3. The van der Waals surface area contributed by atoms with Crippen molar-refractivity contribution in [2.75, 3.05) is 10.6 Å². The Morgan fingerprint density at radius 2 is 1.64 bits per heavy atom. The van der Waals surface area contributed by atoms with E-state index in [2.05, 4.69) is 15.6 Å². The highest BCUT2D eigenvalue weighted by Gasteiger charge is 2.14. The second-order valence-electron chi connectivity index (χ2n) is 6.26. The SMILES string of the molecule is Cc1ccc(NC(=O)c2cc(C(=O)Nc3ccc(F)cc3F)ccn2)cc1C. The zero-order chi connectivity index (χ0) is 20.3. The van der Waals surface area contributed by atoms with Crippen molar-refractivity contribution in [1.82, 2.24) is 4.98 Å². The summed E-state index contributed by atoms with van der Waals surface area (Å²) in [7, 11) is 0. The van der Waals surface area contributed by atoms with E-state index in [1.165, 1.54) is 18.3 Å². The minimum Gasteiger partial charge on any atom is -0.321 e. The summed E-state index contributed by atoms with van der Waals surface area (Å²) in [5, 5.41) is 5.07. The summed E-state index contributed by atoms with van der Waals surface area (Å²) in [5.41, 5.74) is 2.72. The number of amides is 2. The standard InChI is InChI=1S/C21H17F2N3O2/c1-12-3-5-16(9-13(12)2)25-21(28)19-10-14(7-8-24-19)20(27)26-18-6-4-15(22)11-17(18)23/h3-11H,1-2H3,(H,25,28)(H,26,27). The van der Waals surface area contributed by atoms with E-state index in [1.807, 2.05) is 26.0 Å². The van der Waals surface area contributed by atoms with Gasteiger partial charge >= 0.3 is 0 Å². The van der Waals surface area contributed by atoms with Crippen LogP contribution >= 0.6 is 0 Å². The zero-order valence-electron chi connectivity index (χ0n) is 15.2. The van der Waals surface area contributed by atoms with Gasteiger partial charge in [0.1, 0.15) is 17.3 Å². The fraction of sp³-hybridized carbons (Fsp3) is 0.0952. The maximum atomic E-state index is 13.7. The molecule has 0 aliphatic heterocycles. The molecule has 28 heavy (non-hydrogen) atoms. The van der Waals surface area contributed by atoms with E-state index in [0.717, 1.165) is 23.3 Å². The number of anilines is 2. The Labute approximate surface area is 160 Å². The summed E-state index contributed by atoms with van der Waals surface area (Å²) in [5.74, 6) is -2.76. The number of nitrogens with zero attached hydrogens (tertiary/aromatic N) is 1. The maximum Gasteiger partial charge on any atom is 0.274 e. The highest BCUT2D eigenvalue weighted by atomic mass is 19.1. The van der Waals surface area contributed by atoms with Gasteiger partial charge in [-0.3, -0.25) is 14.6 Å². The molecule has 0 spiro atoms. The van der Waals surface area contributed by atoms with Crippen LogP contribution < -0.4 is 10.6 Å². The highest BCUT2D eigenvalue weighted by molar-refractivity contribution is 6.07. The number of rotatable bonds is 4. The molecule has 0 bridgehead atoms. The number of aryl methyl sites for hydroxylation is 2. The van der Waals surface area contributed by atoms with Crippen molar-refractivity contribution in [3.8, 4) is 0 Å². The van der Waals surface area contributed by atoms with Crippen molar-refractivity contribution in [3.63, 3.8) is 0 Å². The molecule has 0 atom stereocenters. The number of benzene rings is 2. The molecule has 0 fully saturated rings. The predicted octanol–water partition coefficient (Wildman–Crippen LogP) is 4.48. The summed E-state index contributed by atoms with van der Waals surface area (Å²) >= 11 is 0. The number of nitrogens with one attached hydrogen (secondary N) is 2. The van der Waals surface area contributed by atoms with E-state index >= 15 is 0 Å². The van der Waals surface area contributed by atoms with Crippen LogP contribution in [0.5, 0.6) is 0 Å². The lowest BCUT2D eigenvalue weighted by atomic mass is 10.1. The molecular weight excluding hydrogens is 364 g/mol. The average Bonchev–Trinajstić information content (AvgIpc) is 2.67. The van der Waals surface area contributed by atoms with Crippen LogP contribution in [-0.4, -0.2) is 16.8 Å². The first kappa shape index (κ1) is 19.2. The Balaban J connectivity index is 1.76. The van der Waals surface area contributed by atoms with Gasteiger partial charge in [-0.2, -0.15) is 0 Å². The minimum absolute atomic E-state index is 0.0328. The van der Waals surface area contributed by atoms with Gasteiger partial charge in [-0.15, -0.1) is 0 Å². The van der Waals surface area contributed by atoms with Gasteiger partial charge < -0.3 is 10.6 Å². The summed E-state index contributed by atoms with van der Waals surface area (Å²) in [6.07, 6.45) is 1.31. The van der Waals surface area contributed by atoms with E-state index < -0.39 is 23.4 Å². The van der Waals surface area contributed by atoms with Crippen LogP contribution in [0.1, 0.15) is 32.0 Å². The quantitative estimate of drug-likeness (QED) is 0.700. The highest BCUT2D eigenvalue weighted by Crippen LogP contribution is 2.17. The Bertz CT molecular complexity index is 1070. The second kappa shape index (κ2) is 7.96. The van der Waals surface area contributed by atoms with Crippen LogP contribution in [-0.2, 0) is 0 Å². The molecule has 2 N–H and O–H groups in total. The minimum atomic E-state index is -0.893. The number of hydrogen-bond acceptors (Lipinski definition) is 3. The molecule has 0 aliphatic carbocycles. The Morgan fingerprint density at radius 3 is 2.36 bits per heavy atom. The molecular formula is C21H17F2N3O2. The molecule has 0 aliphatic rings. The Morgan fingerprint density at radius 1 is 0.857 bits per heavy atom. The van der Waals surface area contributed by atoms with Crippen molar-refractivity contribution < 1.29 is 18.4 Å². The summed E-state index contributed by atoms with van der Waals surface area (Å²) < 4.78 is 26.7. The lowest BCUT2D eigenvalue weighted by Crippen LogP contribution is -2.17. The molecule has 0 unspecified atom stereocenters. The van der Waals surface area contributed by atoms with Crippen molar-refractivity contribution in [2.24, 2.45) is 0 Å². The number of hydrogen-bond donors (Lipinski definition) is 2. The molecule has 7 heteroatoms. The molecule has 2 aromatic carbocycles.